The number of rotatable bonds is 5. The van der Waals surface area contributed by atoms with E-state index in [2.05, 4.69) is 4.72 Å². The van der Waals surface area contributed by atoms with Gasteiger partial charge in [-0.3, -0.25) is 4.79 Å². The van der Waals surface area contributed by atoms with E-state index >= 15 is 0 Å². The van der Waals surface area contributed by atoms with Crippen LogP contribution in [0.4, 0.5) is 0 Å². The van der Waals surface area contributed by atoms with E-state index in [1.165, 1.54) is 31.2 Å². The molecule has 1 rings (SSSR count). The van der Waals surface area contributed by atoms with Crippen molar-refractivity contribution in [1.82, 2.24) is 9.62 Å². The van der Waals surface area contributed by atoms with Crippen LogP contribution in [0.15, 0.2) is 29.2 Å². The minimum absolute atomic E-state index is 0.0896. The summed E-state index contributed by atoms with van der Waals surface area (Å²) in [5.41, 5.74) is -0.350. The zero-order chi connectivity index (χ0) is 16.3. The van der Waals surface area contributed by atoms with Crippen molar-refractivity contribution in [2.75, 3.05) is 13.1 Å². The van der Waals surface area contributed by atoms with Crippen LogP contribution in [0.2, 0.25) is 5.02 Å². The maximum Gasteiger partial charge on any atom is 0.240 e. The zero-order valence-electron chi connectivity index (χ0n) is 12.7. The summed E-state index contributed by atoms with van der Waals surface area (Å²) in [6.07, 6.45) is 0. The van der Waals surface area contributed by atoms with Crippen LogP contribution in [0.3, 0.4) is 0 Å². The molecular weight excluding hydrogens is 312 g/mol. The lowest BCUT2D eigenvalue weighted by Gasteiger charge is -2.35. The van der Waals surface area contributed by atoms with Crippen LogP contribution in [-0.4, -0.2) is 37.9 Å². The van der Waals surface area contributed by atoms with Gasteiger partial charge in [0.05, 0.1) is 4.90 Å². The lowest BCUT2D eigenvalue weighted by atomic mass is 10.1. The van der Waals surface area contributed by atoms with Crippen LogP contribution in [0.25, 0.3) is 0 Å². The summed E-state index contributed by atoms with van der Waals surface area (Å²) in [7, 11) is -3.59. The molecule has 0 unspecified atom stereocenters. The highest BCUT2D eigenvalue weighted by molar-refractivity contribution is 7.89. The summed E-state index contributed by atoms with van der Waals surface area (Å²) < 4.78 is 26.7. The Balaban J connectivity index is 2.70. The Hall–Kier alpha value is -1.11. The normalized spacial score (nSPS) is 12.2. The molecule has 0 aliphatic heterocycles. The predicted octanol–water partition coefficient (Wildman–Crippen LogP) is 2.27. The fourth-order valence-corrected chi connectivity index (χ4v) is 3.10. The van der Waals surface area contributed by atoms with E-state index in [1.807, 2.05) is 20.8 Å². The van der Waals surface area contributed by atoms with Gasteiger partial charge in [-0.2, -0.15) is 0 Å². The Morgan fingerprint density at radius 2 is 1.76 bits per heavy atom. The van der Waals surface area contributed by atoms with Gasteiger partial charge in [0.25, 0.3) is 0 Å². The molecule has 0 atom stereocenters. The van der Waals surface area contributed by atoms with Gasteiger partial charge in [0.2, 0.25) is 15.9 Å². The third-order valence-corrected chi connectivity index (χ3v) is 4.67. The van der Waals surface area contributed by atoms with E-state index in [4.69, 9.17) is 11.6 Å². The van der Waals surface area contributed by atoms with Crippen molar-refractivity contribution < 1.29 is 13.2 Å². The fraction of sp³-hybridized carbons (Fsp3) is 0.500. The molecule has 118 valence electrons. The van der Waals surface area contributed by atoms with E-state index in [9.17, 15) is 13.2 Å². The van der Waals surface area contributed by atoms with Crippen LogP contribution in [0, 0.1) is 0 Å². The van der Waals surface area contributed by atoms with Gasteiger partial charge in [0.1, 0.15) is 0 Å². The number of nitrogens with one attached hydrogen (secondary N) is 1. The highest BCUT2D eigenvalue weighted by Gasteiger charge is 2.24. The van der Waals surface area contributed by atoms with E-state index in [0.717, 1.165) is 0 Å². The fourth-order valence-electron chi connectivity index (χ4n) is 1.95. The topological polar surface area (TPSA) is 66.5 Å². The van der Waals surface area contributed by atoms with Crippen molar-refractivity contribution in [2.24, 2.45) is 0 Å². The summed E-state index contributed by atoms with van der Waals surface area (Å²) in [4.78, 5) is 13.4. The molecule has 7 heteroatoms. The van der Waals surface area contributed by atoms with Crippen LogP contribution >= 0.6 is 11.6 Å². The second-order valence-electron chi connectivity index (χ2n) is 5.69. The summed E-state index contributed by atoms with van der Waals surface area (Å²) in [5.74, 6) is -0.0896. The van der Waals surface area contributed by atoms with Crippen molar-refractivity contribution in [3.05, 3.63) is 29.3 Å². The number of halogens is 1. The van der Waals surface area contributed by atoms with Crippen LogP contribution in [0.1, 0.15) is 27.7 Å². The lowest BCUT2D eigenvalue weighted by Crippen LogP contribution is -2.48. The Labute approximate surface area is 131 Å². The molecule has 0 spiro atoms. The maximum absolute atomic E-state index is 12.1. The molecule has 21 heavy (non-hydrogen) atoms. The molecule has 0 fully saturated rings. The molecule has 0 aliphatic carbocycles. The summed E-state index contributed by atoms with van der Waals surface area (Å²) in [5, 5.41) is 0.476. The molecule has 1 amide bonds. The lowest BCUT2D eigenvalue weighted by molar-refractivity contribution is -0.133. The minimum atomic E-state index is -3.59. The molecule has 5 nitrogen and oxygen atoms in total. The van der Waals surface area contributed by atoms with E-state index < -0.39 is 10.0 Å². The molecule has 0 saturated carbocycles. The first-order valence-corrected chi connectivity index (χ1v) is 8.43. The van der Waals surface area contributed by atoms with E-state index in [0.29, 0.717) is 11.6 Å². The first kappa shape index (κ1) is 17.9. The number of sulfonamides is 1. The van der Waals surface area contributed by atoms with Crippen molar-refractivity contribution in [2.45, 2.75) is 38.1 Å². The molecule has 1 N–H and O–H groups in total. The number of carbonyl (C=O) groups is 1. The number of benzene rings is 1. The van der Waals surface area contributed by atoms with E-state index in [1.54, 1.807) is 4.90 Å². The van der Waals surface area contributed by atoms with Gasteiger partial charge in [0, 0.05) is 30.6 Å². The second-order valence-corrected chi connectivity index (χ2v) is 7.90. The third-order valence-electron chi connectivity index (χ3n) is 2.94. The first-order valence-electron chi connectivity index (χ1n) is 6.57. The molecule has 1 aromatic carbocycles. The predicted molar refractivity (Wildman–Crippen MR) is 83.8 cm³/mol. The second kappa shape index (κ2) is 6.77. The average Bonchev–Trinajstić information content (AvgIpc) is 2.33. The number of amides is 1. The molecule has 0 heterocycles. The minimum Gasteiger partial charge on any atom is -0.337 e. The molecule has 1 aromatic rings. The van der Waals surface area contributed by atoms with Gasteiger partial charge in [-0.25, -0.2) is 13.1 Å². The third kappa shape index (κ3) is 5.30. The SMILES string of the molecule is CC(=O)N(CCNS(=O)(=O)c1ccc(Cl)cc1)C(C)(C)C. The summed E-state index contributed by atoms with van der Waals surface area (Å²) >= 11 is 5.73. The van der Waals surface area contributed by atoms with Crippen molar-refractivity contribution in [3.8, 4) is 0 Å². The van der Waals surface area contributed by atoms with Crippen molar-refractivity contribution in [1.29, 1.82) is 0 Å². The Morgan fingerprint density at radius 3 is 2.19 bits per heavy atom. The maximum atomic E-state index is 12.1. The van der Waals surface area contributed by atoms with Gasteiger partial charge in [-0.05, 0) is 45.0 Å². The number of carbonyl (C=O) groups excluding carboxylic acids is 1. The van der Waals surface area contributed by atoms with Crippen LogP contribution < -0.4 is 4.72 Å². The highest BCUT2D eigenvalue weighted by atomic mass is 35.5. The molecule has 0 radical (unpaired) electrons. The van der Waals surface area contributed by atoms with Crippen molar-refractivity contribution in [3.63, 3.8) is 0 Å². The Morgan fingerprint density at radius 1 is 1.24 bits per heavy atom. The van der Waals surface area contributed by atoms with Gasteiger partial charge >= 0.3 is 0 Å². The standard InChI is InChI=1S/C14H21ClN2O3S/c1-11(18)17(14(2,3)4)10-9-16-21(19,20)13-7-5-12(15)6-8-13/h5-8,16H,9-10H2,1-4H3. The monoisotopic (exact) mass is 332 g/mol. The van der Waals surface area contributed by atoms with Crippen LogP contribution in [0.5, 0.6) is 0 Å². The van der Waals surface area contributed by atoms with Gasteiger partial charge in [-0.15, -0.1) is 0 Å². The van der Waals surface area contributed by atoms with Crippen LogP contribution in [-0.2, 0) is 14.8 Å². The zero-order valence-corrected chi connectivity index (χ0v) is 14.3. The molecule has 0 aliphatic rings. The van der Waals surface area contributed by atoms with Gasteiger partial charge < -0.3 is 4.90 Å². The number of hydrogen-bond acceptors (Lipinski definition) is 3. The molecule has 0 aromatic heterocycles. The number of hydrogen-bond donors (Lipinski definition) is 1. The molecule has 0 saturated heterocycles. The molecular formula is C14H21ClN2O3S. The summed E-state index contributed by atoms with van der Waals surface area (Å²) in [6, 6.07) is 5.93. The van der Waals surface area contributed by atoms with Crippen molar-refractivity contribution >= 4 is 27.5 Å². The summed E-state index contributed by atoms with van der Waals surface area (Å²) in [6.45, 7) is 7.65. The largest absolute Gasteiger partial charge is 0.337 e. The van der Waals surface area contributed by atoms with Gasteiger partial charge in [-0.1, -0.05) is 11.6 Å². The smallest absolute Gasteiger partial charge is 0.240 e. The quantitative estimate of drug-likeness (QED) is 0.899. The van der Waals surface area contributed by atoms with E-state index in [-0.39, 0.29) is 22.9 Å². The Bertz CT molecular complexity index is 592. The first-order chi connectivity index (χ1) is 9.54. The number of nitrogens with zero attached hydrogens (tertiary/aromatic N) is 1. The average molecular weight is 333 g/mol. The Kier molecular flexibility index (Phi) is 5.78. The molecule has 0 bridgehead atoms. The van der Waals surface area contributed by atoms with Gasteiger partial charge in [0.15, 0.2) is 0 Å². The highest BCUT2D eigenvalue weighted by Crippen LogP contribution is 2.15.